The molecule has 1 aliphatic heterocycles. The van der Waals surface area contributed by atoms with Crippen LogP contribution in [0.1, 0.15) is 24.0 Å². The van der Waals surface area contributed by atoms with Crippen LogP contribution in [0.3, 0.4) is 0 Å². The number of rotatable bonds is 8. The fourth-order valence-electron chi connectivity index (χ4n) is 3.35. The molecular formula is C22H24N2O5. The van der Waals surface area contributed by atoms with Crippen molar-refractivity contribution in [3.63, 3.8) is 0 Å². The summed E-state index contributed by atoms with van der Waals surface area (Å²) < 4.78 is 5.14. The van der Waals surface area contributed by atoms with E-state index in [-0.39, 0.29) is 24.7 Å². The number of aryl methyl sites for hydroxylation is 1. The molecule has 1 unspecified atom stereocenters. The highest BCUT2D eigenvalue weighted by atomic mass is 16.5. The monoisotopic (exact) mass is 396 g/mol. The molecule has 0 aromatic heterocycles. The zero-order chi connectivity index (χ0) is 20.8. The molecule has 1 fully saturated rings. The maximum Gasteiger partial charge on any atom is 0.303 e. The molecule has 1 aliphatic rings. The Bertz CT molecular complexity index is 894. The van der Waals surface area contributed by atoms with E-state index in [1.54, 1.807) is 30.2 Å². The van der Waals surface area contributed by atoms with Crippen LogP contribution in [0.15, 0.2) is 48.5 Å². The average Bonchev–Trinajstić information content (AvgIpc) is 3.08. The van der Waals surface area contributed by atoms with Gasteiger partial charge in [-0.25, -0.2) is 0 Å². The molecule has 2 aromatic carbocycles. The molecule has 152 valence electrons. The maximum atomic E-state index is 12.6. The zero-order valence-corrected chi connectivity index (χ0v) is 16.3. The molecule has 2 N–H and O–H groups in total. The summed E-state index contributed by atoms with van der Waals surface area (Å²) in [5, 5.41) is 11.7. The van der Waals surface area contributed by atoms with Crippen LogP contribution >= 0.6 is 0 Å². The predicted octanol–water partition coefficient (Wildman–Crippen LogP) is 2.70. The third kappa shape index (κ3) is 5.57. The van der Waals surface area contributed by atoms with Crippen LogP contribution in [0.25, 0.3) is 0 Å². The highest BCUT2D eigenvalue weighted by molar-refractivity contribution is 5.97. The molecule has 7 heteroatoms. The molecule has 29 heavy (non-hydrogen) atoms. The van der Waals surface area contributed by atoms with Crippen molar-refractivity contribution in [1.82, 2.24) is 4.90 Å². The van der Waals surface area contributed by atoms with Gasteiger partial charge in [-0.1, -0.05) is 24.3 Å². The minimum absolute atomic E-state index is 0.0366. The van der Waals surface area contributed by atoms with Crippen LogP contribution in [-0.4, -0.2) is 41.4 Å². The number of carbonyl (C=O) groups excluding carboxylic acids is 2. The van der Waals surface area contributed by atoms with E-state index in [9.17, 15) is 14.4 Å². The van der Waals surface area contributed by atoms with Crippen molar-refractivity contribution in [2.24, 2.45) is 5.92 Å². The van der Waals surface area contributed by atoms with Crippen molar-refractivity contribution in [2.45, 2.75) is 25.8 Å². The highest BCUT2D eigenvalue weighted by Gasteiger charge is 2.34. The van der Waals surface area contributed by atoms with Gasteiger partial charge in [-0.05, 0) is 41.8 Å². The Kier molecular flexibility index (Phi) is 6.49. The number of anilines is 1. The van der Waals surface area contributed by atoms with Gasteiger partial charge >= 0.3 is 5.97 Å². The smallest absolute Gasteiger partial charge is 0.303 e. The van der Waals surface area contributed by atoms with Crippen molar-refractivity contribution >= 4 is 23.5 Å². The number of carboxylic acid groups (broad SMARTS) is 1. The van der Waals surface area contributed by atoms with Crippen molar-refractivity contribution in [3.05, 3.63) is 59.7 Å². The van der Waals surface area contributed by atoms with Crippen molar-refractivity contribution in [3.8, 4) is 5.75 Å². The molecule has 1 saturated heterocycles. The first kappa shape index (κ1) is 20.4. The number of likely N-dealkylation sites (tertiary alicyclic amines) is 1. The lowest BCUT2D eigenvalue weighted by atomic mass is 10.1. The highest BCUT2D eigenvalue weighted by Crippen LogP contribution is 2.23. The lowest BCUT2D eigenvalue weighted by Crippen LogP contribution is -2.28. The number of benzene rings is 2. The number of carbonyl (C=O) groups is 3. The Labute approximate surface area is 169 Å². The van der Waals surface area contributed by atoms with Crippen LogP contribution < -0.4 is 10.1 Å². The van der Waals surface area contributed by atoms with E-state index >= 15 is 0 Å². The summed E-state index contributed by atoms with van der Waals surface area (Å²) in [5.41, 5.74) is 2.43. The van der Waals surface area contributed by atoms with Crippen LogP contribution in [0.4, 0.5) is 5.69 Å². The van der Waals surface area contributed by atoms with Gasteiger partial charge in [0.1, 0.15) is 5.75 Å². The molecule has 3 rings (SSSR count). The molecule has 0 radical (unpaired) electrons. The molecule has 2 aromatic rings. The van der Waals surface area contributed by atoms with Gasteiger partial charge in [0.2, 0.25) is 11.8 Å². The van der Waals surface area contributed by atoms with Crippen LogP contribution in [0.5, 0.6) is 5.75 Å². The molecular weight excluding hydrogens is 372 g/mol. The minimum atomic E-state index is -0.860. The van der Waals surface area contributed by atoms with Crippen LogP contribution in [0, 0.1) is 5.92 Å². The molecule has 7 nitrogen and oxygen atoms in total. The van der Waals surface area contributed by atoms with Gasteiger partial charge in [0.05, 0.1) is 13.0 Å². The van der Waals surface area contributed by atoms with Crippen molar-refractivity contribution < 1.29 is 24.2 Å². The summed E-state index contributed by atoms with van der Waals surface area (Å²) >= 11 is 0. The van der Waals surface area contributed by atoms with Gasteiger partial charge < -0.3 is 20.1 Å². The number of hydrogen-bond donors (Lipinski definition) is 2. The molecule has 0 bridgehead atoms. The second-order valence-corrected chi connectivity index (χ2v) is 7.11. The fraction of sp³-hybridized carbons (Fsp3) is 0.318. The number of aliphatic carboxylic acids is 1. The van der Waals surface area contributed by atoms with E-state index in [1.165, 1.54) is 0 Å². The quantitative estimate of drug-likeness (QED) is 0.715. The SMILES string of the molecule is COc1ccc(CN2CC(C(=O)Nc3cccc(CCC(=O)O)c3)CC2=O)cc1. The predicted molar refractivity (Wildman–Crippen MR) is 108 cm³/mol. The molecule has 0 saturated carbocycles. The third-order valence-corrected chi connectivity index (χ3v) is 4.94. The average molecular weight is 396 g/mol. The van der Waals surface area contributed by atoms with Gasteiger partial charge in [0.15, 0.2) is 0 Å². The number of carboxylic acids is 1. The fourth-order valence-corrected chi connectivity index (χ4v) is 3.35. The number of nitrogens with zero attached hydrogens (tertiary/aromatic N) is 1. The number of nitrogens with one attached hydrogen (secondary N) is 1. The first-order chi connectivity index (χ1) is 13.9. The lowest BCUT2D eigenvalue weighted by molar-refractivity contribution is -0.137. The van der Waals surface area contributed by atoms with Gasteiger partial charge in [-0.2, -0.15) is 0 Å². The summed E-state index contributed by atoms with van der Waals surface area (Å²) in [7, 11) is 1.60. The van der Waals surface area contributed by atoms with Gasteiger partial charge in [-0.3, -0.25) is 14.4 Å². The molecule has 1 atom stereocenters. The van der Waals surface area contributed by atoms with Gasteiger partial charge in [0, 0.05) is 31.6 Å². The second-order valence-electron chi connectivity index (χ2n) is 7.11. The number of ether oxygens (including phenoxy) is 1. The van der Waals surface area contributed by atoms with Gasteiger partial charge in [0.25, 0.3) is 0 Å². The first-order valence-corrected chi connectivity index (χ1v) is 9.47. The summed E-state index contributed by atoms with van der Waals surface area (Å²) in [5.74, 6) is -0.768. The summed E-state index contributed by atoms with van der Waals surface area (Å²) in [4.78, 5) is 37.4. The number of hydrogen-bond acceptors (Lipinski definition) is 4. The molecule has 0 spiro atoms. The maximum absolute atomic E-state index is 12.6. The normalized spacial score (nSPS) is 16.0. The minimum Gasteiger partial charge on any atom is -0.497 e. The molecule has 2 amide bonds. The van der Waals surface area contributed by atoms with Crippen LogP contribution in [0.2, 0.25) is 0 Å². The Morgan fingerprint density at radius 2 is 1.93 bits per heavy atom. The first-order valence-electron chi connectivity index (χ1n) is 9.47. The topological polar surface area (TPSA) is 95.9 Å². The zero-order valence-electron chi connectivity index (χ0n) is 16.3. The second kappa shape index (κ2) is 9.23. The number of amides is 2. The van der Waals surface area contributed by atoms with Crippen molar-refractivity contribution in [1.29, 1.82) is 0 Å². The van der Waals surface area contributed by atoms with E-state index in [0.29, 0.717) is 25.2 Å². The van der Waals surface area contributed by atoms with E-state index in [2.05, 4.69) is 5.32 Å². The number of methoxy groups -OCH3 is 1. The summed E-state index contributed by atoms with van der Waals surface area (Å²) in [6.07, 6.45) is 0.617. The van der Waals surface area contributed by atoms with E-state index in [0.717, 1.165) is 16.9 Å². The van der Waals surface area contributed by atoms with Gasteiger partial charge in [-0.15, -0.1) is 0 Å². The van der Waals surface area contributed by atoms with E-state index in [1.807, 2.05) is 30.3 Å². The van der Waals surface area contributed by atoms with Crippen LogP contribution in [-0.2, 0) is 27.3 Å². The van der Waals surface area contributed by atoms with Crippen molar-refractivity contribution in [2.75, 3.05) is 19.0 Å². The van der Waals surface area contributed by atoms with E-state index < -0.39 is 11.9 Å². The Morgan fingerprint density at radius 1 is 1.17 bits per heavy atom. The summed E-state index contributed by atoms with van der Waals surface area (Å²) in [6.45, 7) is 0.826. The summed E-state index contributed by atoms with van der Waals surface area (Å²) in [6, 6.07) is 14.6. The largest absolute Gasteiger partial charge is 0.497 e. The Morgan fingerprint density at radius 3 is 2.62 bits per heavy atom. The molecule has 0 aliphatic carbocycles. The Balaban J connectivity index is 1.57. The Hall–Kier alpha value is -3.35. The lowest BCUT2D eigenvalue weighted by Gasteiger charge is -2.17. The standard InChI is InChI=1S/C22H24N2O5/c1-29-19-8-5-16(6-9-19)13-24-14-17(12-20(24)25)22(28)23-18-4-2-3-15(11-18)7-10-21(26)27/h2-6,8-9,11,17H,7,10,12-14H2,1H3,(H,23,28)(H,26,27). The van der Waals surface area contributed by atoms with E-state index in [4.69, 9.17) is 9.84 Å². The third-order valence-electron chi connectivity index (χ3n) is 4.94. The molecule has 1 heterocycles.